The summed E-state index contributed by atoms with van der Waals surface area (Å²) in [6.07, 6.45) is -0.456. The van der Waals surface area contributed by atoms with Gasteiger partial charge in [-0.25, -0.2) is 4.79 Å². The molecule has 0 radical (unpaired) electrons. The number of nitrogens with zero attached hydrogens (tertiary/aromatic N) is 2. The highest BCUT2D eigenvalue weighted by molar-refractivity contribution is 5.74. The Balaban J connectivity index is 2.76. The third-order valence-corrected chi connectivity index (χ3v) is 3.04. The molecule has 1 rings (SSSR count). The number of hydrogen-bond donors (Lipinski definition) is 0. The summed E-state index contributed by atoms with van der Waals surface area (Å²) in [4.78, 5) is 37.8. The molecular formula is C14H24N2O5. The van der Waals surface area contributed by atoms with E-state index in [0.717, 1.165) is 0 Å². The first-order chi connectivity index (χ1) is 9.60. The molecule has 0 aromatic carbocycles. The van der Waals surface area contributed by atoms with Gasteiger partial charge in [-0.2, -0.15) is 0 Å². The van der Waals surface area contributed by atoms with Gasteiger partial charge in [0.15, 0.2) is 0 Å². The molecule has 1 saturated heterocycles. The lowest BCUT2D eigenvalue weighted by molar-refractivity contribution is -0.144. The van der Waals surface area contributed by atoms with E-state index in [1.54, 1.807) is 25.7 Å². The molecule has 2 amide bonds. The number of esters is 1. The fourth-order valence-corrected chi connectivity index (χ4v) is 2.06. The highest BCUT2D eigenvalue weighted by Gasteiger charge is 2.34. The topological polar surface area (TPSA) is 76.2 Å². The zero-order chi connectivity index (χ0) is 16.2. The first-order valence-corrected chi connectivity index (χ1v) is 6.98. The monoisotopic (exact) mass is 300 g/mol. The molecule has 0 aromatic rings. The number of carbonyl (C=O) groups excluding carboxylic acids is 3. The van der Waals surface area contributed by atoms with E-state index in [9.17, 15) is 14.4 Å². The van der Waals surface area contributed by atoms with Gasteiger partial charge in [0.2, 0.25) is 5.91 Å². The zero-order valence-electron chi connectivity index (χ0n) is 13.3. The van der Waals surface area contributed by atoms with E-state index in [4.69, 9.17) is 9.47 Å². The summed E-state index contributed by atoms with van der Waals surface area (Å²) in [5, 5.41) is 0. The molecule has 0 N–H and O–H groups in total. The van der Waals surface area contributed by atoms with Gasteiger partial charge in [-0.1, -0.05) is 0 Å². The lowest BCUT2D eigenvalue weighted by Crippen LogP contribution is -2.58. The van der Waals surface area contributed by atoms with E-state index >= 15 is 0 Å². The molecule has 1 atom stereocenters. The van der Waals surface area contributed by atoms with Gasteiger partial charge in [0.25, 0.3) is 0 Å². The van der Waals surface area contributed by atoms with Crippen LogP contribution in [0.3, 0.4) is 0 Å². The number of ether oxygens (including phenoxy) is 2. The second-order valence-corrected chi connectivity index (χ2v) is 6.10. The van der Waals surface area contributed by atoms with Crippen LogP contribution in [0.1, 0.15) is 34.6 Å². The van der Waals surface area contributed by atoms with Crippen LogP contribution in [0.5, 0.6) is 0 Å². The predicted octanol–water partition coefficient (Wildman–Crippen LogP) is 1.02. The standard InChI is InChI=1S/C14H24N2O5/c1-10(17)15-6-7-16(13(19)21-14(3,4)5)12(8-15)9-20-11(2)18/h12H,6-9H2,1-5H3. The highest BCUT2D eigenvalue weighted by Crippen LogP contribution is 2.16. The molecule has 0 spiro atoms. The van der Waals surface area contributed by atoms with Crippen LogP contribution < -0.4 is 0 Å². The van der Waals surface area contributed by atoms with Crippen LogP contribution in [0, 0.1) is 0 Å². The molecule has 120 valence electrons. The maximum absolute atomic E-state index is 12.2. The Morgan fingerprint density at radius 3 is 2.24 bits per heavy atom. The highest BCUT2D eigenvalue weighted by atomic mass is 16.6. The van der Waals surface area contributed by atoms with Crippen molar-refractivity contribution in [3.8, 4) is 0 Å². The largest absolute Gasteiger partial charge is 0.464 e. The summed E-state index contributed by atoms with van der Waals surface area (Å²) in [7, 11) is 0. The van der Waals surface area contributed by atoms with Crippen LogP contribution in [0.4, 0.5) is 4.79 Å². The number of carbonyl (C=O) groups is 3. The Bertz CT molecular complexity index is 416. The lowest BCUT2D eigenvalue weighted by Gasteiger charge is -2.41. The fraction of sp³-hybridized carbons (Fsp3) is 0.786. The Labute approximate surface area is 125 Å². The van der Waals surface area contributed by atoms with Gasteiger partial charge < -0.3 is 14.4 Å². The molecule has 0 aliphatic carbocycles. The van der Waals surface area contributed by atoms with Gasteiger partial charge in [0.1, 0.15) is 12.2 Å². The Kier molecular flexibility index (Phi) is 5.57. The van der Waals surface area contributed by atoms with Gasteiger partial charge in [-0.05, 0) is 20.8 Å². The average Bonchev–Trinajstić information content (AvgIpc) is 2.33. The van der Waals surface area contributed by atoms with E-state index in [-0.39, 0.29) is 18.6 Å². The Morgan fingerprint density at radius 1 is 1.14 bits per heavy atom. The normalized spacial score (nSPS) is 19.2. The number of piperazine rings is 1. The minimum Gasteiger partial charge on any atom is -0.464 e. The summed E-state index contributed by atoms with van der Waals surface area (Å²) < 4.78 is 10.3. The van der Waals surface area contributed by atoms with Gasteiger partial charge in [-0.15, -0.1) is 0 Å². The Hall–Kier alpha value is -1.79. The smallest absolute Gasteiger partial charge is 0.410 e. The molecule has 0 aromatic heterocycles. The molecule has 21 heavy (non-hydrogen) atoms. The van der Waals surface area contributed by atoms with Gasteiger partial charge in [0, 0.05) is 33.5 Å². The second-order valence-electron chi connectivity index (χ2n) is 6.10. The van der Waals surface area contributed by atoms with Crippen LogP contribution in [0.25, 0.3) is 0 Å². The van der Waals surface area contributed by atoms with Crippen LogP contribution in [-0.4, -0.2) is 65.7 Å². The van der Waals surface area contributed by atoms with Crippen LogP contribution in [0.2, 0.25) is 0 Å². The molecule has 0 bridgehead atoms. The molecule has 1 aliphatic rings. The molecule has 7 heteroatoms. The van der Waals surface area contributed by atoms with Crippen molar-refractivity contribution >= 4 is 18.0 Å². The second kappa shape index (κ2) is 6.78. The quantitative estimate of drug-likeness (QED) is 0.712. The number of amides is 2. The van der Waals surface area contributed by atoms with Crippen molar-refractivity contribution in [3.05, 3.63) is 0 Å². The molecule has 1 fully saturated rings. The van der Waals surface area contributed by atoms with Gasteiger partial charge in [0.05, 0.1) is 6.04 Å². The number of rotatable bonds is 2. The first-order valence-electron chi connectivity index (χ1n) is 6.98. The third-order valence-electron chi connectivity index (χ3n) is 3.04. The van der Waals surface area contributed by atoms with Crippen LogP contribution in [0.15, 0.2) is 0 Å². The summed E-state index contributed by atoms with van der Waals surface area (Å²) in [5.74, 6) is -0.481. The fourth-order valence-electron chi connectivity index (χ4n) is 2.06. The summed E-state index contributed by atoms with van der Waals surface area (Å²) in [6, 6.07) is -0.388. The summed E-state index contributed by atoms with van der Waals surface area (Å²) in [6.45, 7) is 9.36. The van der Waals surface area contributed by atoms with E-state index in [1.807, 2.05) is 0 Å². The van der Waals surface area contributed by atoms with Crippen molar-refractivity contribution in [2.75, 3.05) is 26.2 Å². The SMILES string of the molecule is CC(=O)OCC1CN(C(C)=O)CCN1C(=O)OC(C)(C)C. The molecule has 0 saturated carbocycles. The number of hydrogen-bond acceptors (Lipinski definition) is 5. The zero-order valence-corrected chi connectivity index (χ0v) is 13.3. The Morgan fingerprint density at radius 2 is 1.76 bits per heavy atom. The summed E-state index contributed by atoms with van der Waals surface area (Å²) in [5.41, 5.74) is -0.596. The molecule has 1 heterocycles. The van der Waals surface area contributed by atoms with Crippen molar-refractivity contribution in [2.24, 2.45) is 0 Å². The maximum Gasteiger partial charge on any atom is 0.410 e. The minimum absolute atomic E-state index is 0.0539. The molecule has 1 aliphatic heterocycles. The van der Waals surface area contributed by atoms with Crippen molar-refractivity contribution < 1.29 is 23.9 Å². The van der Waals surface area contributed by atoms with E-state index < -0.39 is 17.7 Å². The van der Waals surface area contributed by atoms with E-state index in [0.29, 0.717) is 19.6 Å². The van der Waals surface area contributed by atoms with Crippen molar-refractivity contribution in [3.63, 3.8) is 0 Å². The van der Waals surface area contributed by atoms with E-state index in [1.165, 1.54) is 18.7 Å². The van der Waals surface area contributed by atoms with Crippen molar-refractivity contribution in [1.29, 1.82) is 0 Å². The average molecular weight is 300 g/mol. The molecular weight excluding hydrogens is 276 g/mol. The van der Waals surface area contributed by atoms with Gasteiger partial charge in [-0.3, -0.25) is 14.5 Å². The minimum atomic E-state index is -0.596. The summed E-state index contributed by atoms with van der Waals surface area (Å²) >= 11 is 0. The van der Waals surface area contributed by atoms with Crippen LogP contribution in [-0.2, 0) is 19.1 Å². The van der Waals surface area contributed by atoms with Crippen molar-refractivity contribution in [1.82, 2.24) is 9.80 Å². The van der Waals surface area contributed by atoms with Crippen molar-refractivity contribution in [2.45, 2.75) is 46.3 Å². The molecule has 1 unspecified atom stereocenters. The maximum atomic E-state index is 12.2. The molecule has 7 nitrogen and oxygen atoms in total. The van der Waals surface area contributed by atoms with E-state index in [2.05, 4.69) is 0 Å². The first kappa shape index (κ1) is 17.3. The van der Waals surface area contributed by atoms with Gasteiger partial charge >= 0.3 is 12.1 Å². The van der Waals surface area contributed by atoms with Crippen LogP contribution >= 0.6 is 0 Å². The third kappa shape index (κ3) is 5.61. The predicted molar refractivity (Wildman–Crippen MR) is 75.6 cm³/mol. The lowest BCUT2D eigenvalue weighted by atomic mass is 10.1.